The molecule has 106 valence electrons. The van der Waals surface area contributed by atoms with Crippen LogP contribution in [0.1, 0.15) is 49.9 Å². The molecule has 0 amide bonds. The molecule has 0 bridgehead atoms. The minimum atomic E-state index is -0.0544. The highest BCUT2D eigenvalue weighted by Crippen LogP contribution is 2.33. The van der Waals surface area contributed by atoms with Gasteiger partial charge in [-0.05, 0) is 25.8 Å². The number of morpholine rings is 1. The predicted octanol–water partition coefficient (Wildman–Crippen LogP) is 1.06. The fourth-order valence-electron chi connectivity index (χ4n) is 2.93. The fourth-order valence-corrected chi connectivity index (χ4v) is 2.93. The molecule has 2 aliphatic rings. The first-order valence-corrected chi connectivity index (χ1v) is 7.19. The molecule has 1 saturated heterocycles. The van der Waals surface area contributed by atoms with Gasteiger partial charge in [0.1, 0.15) is 6.10 Å². The van der Waals surface area contributed by atoms with E-state index >= 15 is 0 Å². The summed E-state index contributed by atoms with van der Waals surface area (Å²) in [5, 5.41) is 4.10. The second kappa shape index (κ2) is 5.56. The third-order valence-electron chi connectivity index (χ3n) is 4.17. The number of nitrogens with two attached hydrogens (primary N) is 1. The molecule has 0 aromatic carbocycles. The summed E-state index contributed by atoms with van der Waals surface area (Å²) in [6.45, 7) is 5.75. The molecule has 0 radical (unpaired) electrons. The van der Waals surface area contributed by atoms with Crippen molar-refractivity contribution in [1.29, 1.82) is 0 Å². The summed E-state index contributed by atoms with van der Waals surface area (Å²) in [7, 11) is 0. The second-order valence-corrected chi connectivity index (χ2v) is 5.51. The normalized spacial score (nSPS) is 32.8. The van der Waals surface area contributed by atoms with E-state index in [1.165, 1.54) is 0 Å². The molecule has 2 fully saturated rings. The minimum Gasteiger partial charge on any atom is -0.367 e. The zero-order chi connectivity index (χ0) is 13.2. The van der Waals surface area contributed by atoms with Gasteiger partial charge in [-0.2, -0.15) is 4.98 Å². The van der Waals surface area contributed by atoms with Crippen molar-refractivity contribution in [1.82, 2.24) is 15.0 Å². The molecule has 1 aliphatic heterocycles. The quantitative estimate of drug-likeness (QED) is 0.881. The van der Waals surface area contributed by atoms with Crippen LogP contribution in [0, 0.1) is 0 Å². The van der Waals surface area contributed by atoms with Gasteiger partial charge >= 0.3 is 0 Å². The van der Waals surface area contributed by atoms with E-state index in [0.29, 0.717) is 11.7 Å². The molecule has 6 heteroatoms. The van der Waals surface area contributed by atoms with Crippen LogP contribution in [0.25, 0.3) is 0 Å². The van der Waals surface area contributed by atoms with Crippen molar-refractivity contribution >= 4 is 0 Å². The molecule has 0 spiro atoms. The van der Waals surface area contributed by atoms with Gasteiger partial charge in [0.15, 0.2) is 0 Å². The van der Waals surface area contributed by atoms with Crippen LogP contribution >= 0.6 is 0 Å². The Balaban J connectivity index is 1.67. The molecule has 19 heavy (non-hydrogen) atoms. The Hall–Kier alpha value is -0.980. The molecule has 2 N–H and O–H groups in total. The lowest BCUT2D eigenvalue weighted by molar-refractivity contribution is -0.0334. The van der Waals surface area contributed by atoms with E-state index in [4.69, 9.17) is 15.0 Å². The molecule has 1 aliphatic carbocycles. The Bertz CT molecular complexity index is 423. The highest BCUT2D eigenvalue weighted by atomic mass is 16.5. The summed E-state index contributed by atoms with van der Waals surface area (Å²) in [4.78, 5) is 6.88. The summed E-state index contributed by atoms with van der Waals surface area (Å²) in [6.07, 6.45) is 3.00. The third-order valence-corrected chi connectivity index (χ3v) is 4.17. The van der Waals surface area contributed by atoms with Crippen molar-refractivity contribution in [3.05, 3.63) is 11.7 Å². The standard InChI is InChI=1S/C13H22N4O2/c1-2-17-5-6-18-11(8-17)12-15-13(19-16-12)9-3-4-10(14)7-9/h9-11H,2-8,14H2,1H3. The van der Waals surface area contributed by atoms with Crippen molar-refractivity contribution in [3.8, 4) is 0 Å². The maximum Gasteiger partial charge on any atom is 0.229 e. The average Bonchev–Trinajstić information content (AvgIpc) is 3.07. The Morgan fingerprint density at radius 2 is 2.32 bits per heavy atom. The number of likely N-dealkylation sites (N-methyl/N-ethyl adjacent to an activating group) is 1. The number of hydrogen-bond donors (Lipinski definition) is 1. The van der Waals surface area contributed by atoms with Crippen molar-refractivity contribution < 1.29 is 9.26 Å². The smallest absolute Gasteiger partial charge is 0.229 e. The maximum atomic E-state index is 5.93. The molecule has 2 heterocycles. The predicted molar refractivity (Wildman–Crippen MR) is 69.7 cm³/mol. The largest absolute Gasteiger partial charge is 0.367 e. The van der Waals surface area contributed by atoms with Crippen LogP contribution in [0.4, 0.5) is 0 Å². The lowest BCUT2D eigenvalue weighted by Gasteiger charge is -2.30. The fraction of sp³-hybridized carbons (Fsp3) is 0.846. The summed E-state index contributed by atoms with van der Waals surface area (Å²) >= 11 is 0. The van der Waals surface area contributed by atoms with E-state index in [1.54, 1.807) is 0 Å². The highest BCUT2D eigenvalue weighted by molar-refractivity contribution is 5.01. The van der Waals surface area contributed by atoms with E-state index in [9.17, 15) is 0 Å². The summed E-state index contributed by atoms with van der Waals surface area (Å²) in [5.41, 5.74) is 5.93. The van der Waals surface area contributed by atoms with Crippen LogP contribution < -0.4 is 5.73 Å². The third kappa shape index (κ3) is 2.80. The second-order valence-electron chi connectivity index (χ2n) is 5.51. The molecule has 3 atom stereocenters. The first-order valence-electron chi connectivity index (χ1n) is 7.19. The van der Waals surface area contributed by atoms with Gasteiger partial charge in [0, 0.05) is 25.0 Å². The van der Waals surface area contributed by atoms with Gasteiger partial charge < -0.3 is 15.0 Å². The van der Waals surface area contributed by atoms with E-state index < -0.39 is 0 Å². The van der Waals surface area contributed by atoms with Gasteiger partial charge in [0.05, 0.1) is 6.61 Å². The highest BCUT2D eigenvalue weighted by Gasteiger charge is 2.30. The number of ether oxygens (including phenoxy) is 1. The molecular formula is C13H22N4O2. The van der Waals surface area contributed by atoms with Gasteiger partial charge in [-0.15, -0.1) is 0 Å². The Morgan fingerprint density at radius 1 is 1.42 bits per heavy atom. The van der Waals surface area contributed by atoms with Crippen molar-refractivity contribution in [2.45, 2.75) is 44.2 Å². The van der Waals surface area contributed by atoms with E-state index in [1.807, 2.05) is 0 Å². The minimum absolute atomic E-state index is 0.0544. The van der Waals surface area contributed by atoms with Crippen molar-refractivity contribution in [3.63, 3.8) is 0 Å². The first-order chi connectivity index (χ1) is 9.26. The van der Waals surface area contributed by atoms with Crippen LogP contribution in [0.2, 0.25) is 0 Å². The molecule has 1 saturated carbocycles. The van der Waals surface area contributed by atoms with Crippen LogP contribution in [0.5, 0.6) is 0 Å². The molecular weight excluding hydrogens is 244 g/mol. The molecule has 3 unspecified atom stereocenters. The van der Waals surface area contributed by atoms with E-state index in [-0.39, 0.29) is 12.1 Å². The average molecular weight is 266 g/mol. The van der Waals surface area contributed by atoms with Gasteiger partial charge in [0.2, 0.25) is 11.7 Å². The Morgan fingerprint density at radius 3 is 3.05 bits per heavy atom. The zero-order valence-electron chi connectivity index (χ0n) is 11.4. The summed E-state index contributed by atoms with van der Waals surface area (Å²) < 4.78 is 11.1. The molecule has 1 aromatic rings. The first kappa shape index (κ1) is 13.0. The SMILES string of the molecule is CCN1CCOC(c2noc(C3CCC(N)C3)n2)C1. The molecule has 3 rings (SSSR count). The Labute approximate surface area is 113 Å². The van der Waals surface area contributed by atoms with Gasteiger partial charge in [-0.3, -0.25) is 4.90 Å². The van der Waals surface area contributed by atoms with E-state index in [2.05, 4.69) is 22.0 Å². The van der Waals surface area contributed by atoms with Crippen molar-refractivity contribution in [2.75, 3.05) is 26.2 Å². The maximum absolute atomic E-state index is 5.93. The monoisotopic (exact) mass is 266 g/mol. The lowest BCUT2D eigenvalue weighted by Crippen LogP contribution is -2.38. The van der Waals surface area contributed by atoms with Gasteiger partial charge in [-0.25, -0.2) is 0 Å². The topological polar surface area (TPSA) is 77.4 Å². The lowest BCUT2D eigenvalue weighted by atomic mass is 10.1. The van der Waals surface area contributed by atoms with Crippen LogP contribution in [0.3, 0.4) is 0 Å². The van der Waals surface area contributed by atoms with Crippen LogP contribution in [-0.4, -0.2) is 47.3 Å². The number of rotatable bonds is 3. The number of aromatic nitrogens is 2. The summed E-state index contributed by atoms with van der Waals surface area (Å²) in [6, 6.07) is 0.280. The van der Waals surface area contributed by atoms with Gasteiger partial charge in [-0.1, -0.05) is 12.1 Å². The zero-order valence-corrected chi connectivity index (χ0v) is 11.4. The molecule has 1 aromatic heterocycles. The van der Waals surface area contributed by atoms with Crippen LogP contribution in [0.15, 0.2) is 4.52 Å². The van der Waals surface area contributed by atoms with E-state index in [0.717, 1.165) is 51.4 Å². The van der Waals surface area contributed by atoms with Crippen LogP contribution in [-0.2, 0) is 4.74 Å². The number of nitrogens with zero attached hydrogens (tertiary/aromatic N) is 3. The number of hydrogen-bond acceptors (Lipinski definition) is 6. The Kier molecular flexibility index (Phi) is 3.81. The van der Waals surface area contributed by atoms with Gasteiger partial charge in [0.25, 0.3) is 0 Å². The van der Waals surface area contributed by atoms with Crippen molar-refractivity contribution in [2.24, 2.45) is 5.73 Å². The molecule has 6 nitrogen and oxygen atoms in total. The summed E-state index contributed by atoms with van der Waals surface area (Å²) in [5.74, 6) is 1.76.